The van der Waals surface area contributed by atoms with Crippen LogP contribution in [0, 0.1) is 11.8 Å². The summed E-state index contributed by atoms with van der Waals surface area (Å²) in [7, 11) is -3.47. The van der Waals surface area contributed by atoms with Gasteiger partial charge in [-0.25, -0.2) is 8.42 Å². The first-order chi connectivity index (χ1) is 12.4. The SMILES string of the molecule is O=S(=O)(c1ccc(Cl)cc1)N1CCN(C(=S)N[C@@H]2C[C@H]3CC[C@H]2C3)CC1. The minimum atomic E-state index is -3.47. The summed E-state index contributed by atoms with van der Waals surface area (Å²) in [6, 6.07) is 6.85. The quantitative estimate of drug-likeness (QED) is 0.772. The third-order valence-electron chi connectivity index (χ3n) is 6.02. The van der Waals surface area contributed by atoms with Crippen LogP contribution >= 0.6 is 23.8 Å². The number of fused-ring (bicyclic) bond motifs is 2. The maximum atomic E-state index is 12.8. The van der Waals surface area contributed by atoms with Gasteiger partial charge in [0.2, 0.25) is 10.0 Å². The molecule has 1 aliphatic heterocycles. The summed E-state index contributed by atoms with van der Waals surface area (Å²) in [5, 5.41) is 4.86. The van der Waals surface area contributed by atoms with Crippen LogP contribution in [0.3, 0.4) is 0 Å². The molecule has 2 saturated carbocycles. The fraction of sp³-hybridized carbons (Fsp3) is 0.611. The van der Waals surface area contributed by atoms with Gasteiger partial charge >= 0.3 is 0 Å². The highest BCUT2D eigenvalue weighted by Gasteiger charge is 2.40. The fourth-order valence-electron chi connectivity index (χ4n) is 4.56. The third kappa shape index (κ3) is 3.59. The van der Waals surface area contributed by atoms with Crippen molar-refractivity contribution < 1.29 is 8.42 Å². The van der Waals surface area contributed by atoms with E-state index < -0.39 is 10.0 Å². The average molecular weight is 414 g/mol. The highest BCUT2D eigenvalue weighted by Crippen LogP contribution is 2.44. The molecule has 3 aliphatic rings. The largest absolute Gasteiger partial charge is 0.360 e. The maximum absolute atomic E-state index is 12.8. The first-order valence-electron chi connectivity index (χ1n) is 9.24. The molecule has 1 aromatic rings. The maximum Gasteiger partial charge on any atom is 0.243 e. The molecule has 0 aromatic heterocycles. The summed E-state index contributed by atoms with van der Waals surface area (Å²) in [5.41, 5.74) is 0. The Hall–Kier alpha value is -0.890. The molecule has 2 aliphatic carbocycles. The van der Waals surface area contributed by atoms with Crippen molar-refractivity contribution in [2.75, 3.05) is 26.2 Å². The molecule has 5 nitrogen and oxygen atoms in total. The zero-order valence-electron chi connectivity index (χ0n) is 14.6. The molecule has 1 aromatic carbocycles. The van der Waals surface area contributed by atoms with Gasteiger partial charge in [-0.15, -0.1) is 0 Å². The van der Waals surface area contributed by atoms with Crippen molar-refractivity contribution in [2.24, 2.45) is 11.8 Å². The van der Waals surface area contributed by atoms with Gasteiger partial charge in [-0.3, -0.25) is 0 Å². The molecule has 4 rings (SSSR count). The van der Waals surface area contributed by atoms with Crippen LogP contribution < -0.4 is 5.32 Å². The van der Waals surface area contributed by atoms with Gasteiger partial charge in [-0.05, 0) is 67.6 Å². The van der Waals surface area contributed by atoms with E-state index in [-0.39, 0.29) is 4.90 Å². The zero-order chi connectivity index (χ0) is 18.3. The smallest absolute Gasteiger partial charge is 0.243 e. The van der Waals surface area contributed by atoms with Gasteiger partial charge in [-0.1, -0.05) is 18.0 Å². The van der Waals surface area contributed by atoms with Crippen molar-refractivity contribution >= 4 is 39.0 Å². The Morgan fingerprint density at radius 2 is 1.77 bits per heavy atom. The van der Waals surface area contributed by atoms with Crippen LogP contribution in [0.2, 0.25) is 5.02 Å². The highest BCUT2D eigenvalue weighted by molar-refractivity contribution is 7.89. The summed E-state index contributed by atoms with van der Waals surface area (Å²) in [4.78, 5) is 2.40. The minimum absolute atomic E-state index is 0.290. The van der Waals surface area contributed by atoms with E-state index in [0.29, 0.717) is 37.2 Å². The molecule has 8 heteroatoms. The second-order valence-electron chi connectivity index (χ2n) is 7.58. The topological polar surface area (TPSA) is 52.7 Å². The molecule has 0 amide bonds. The Morgan fingerprint density at radius 3 is 2.35 bits per heavy atom. The number of benzene rings is 1. The lowest BCUT2D eigenvalue weighted by Gasteiger charge is -2.37. The third-order valence-corrected chi connectivity index (χ3v) is 8.57. The zero-order valence-corrected chi connectivity index (χ0v) is 17.0. The number of nitrogens with zero attached hydrogens (tertiary/aromatic N) is 2. The number of sulfonamides is 1. The number of halogens is 1. The van der Waals surface area contributed by atoms with Crippen molar-refractivity contribution in [2.45, 2.75) is 36.6 Å². The first kappa shape index (κ1) is 18.5. The van der Waals surface area contributed by atoms with Crippen LogP contribution in [0.25, 0.3) is 0 Å². The molecular weight excluding hydrogens is 390 g/mol. The molecule has 1 N–H and O–H groups in total. The van der Waals surface area contributed by atoms with Gasteiger partial charge in [0.25, 0.3) is 0 Å². The molecule has 0 radical (unpaired) electrons. The summed E-state index contributed by atoms with van der Waals surface area (Å²) < 4.78 is 27.0. The Bertz CT molecular complexity index is 776. The van der Waals surface area contributed by atoms with E-state index in [1.165, 1.54) is 30.0 Å². The van der Waals surface area contributed by atoms with E-state index in [2.05, 4.69) is 10.2 Å². The first-order valence-corrected chi connectivity index (χ1v) is 11.5. The summed E-state index contributed by atoms with van der Waals surface area (Å²) in [6.07, 6.45) is 5.26. The van der Waals surface area contributed by atoms with E-state index >= 15 is 0 Å². The number of hydrogen-bond acceptors (Lipinski definition) is 3. The lowest BCUT2D eigenvalue weighted by Crippen LogP contribution is -2.54. The Morgan fingerprint density at radius 1 is 1.08 bits per heavy atom. The molecular formula is C18H24ClN3O2S2. The number of thiocarbonyl (C=S) groups is 1. The Balaban J connectivity index is 1.33. The van der Waals surface area contributed by atoms with Crippen LogP contribution in [-0.4, -0.2) is 55.0 Å². The van der Waals surface area contributed by atoms with E-state index in [4.69, 9.17) is 23.8 Å². The Labute approximate surface area is 165 Å². The van der Waals surface area contributed by atoms with Gasteiger partial charge in [0.15, 0.2) is 5.11 Å². The summed E-state index contributed by atoms with van der Waals surface area (Å²) in [5.74, 6) is 1.64. The molecule has 2 bridgehead atoms. The number of rotatable bonds is 3. The van der Waals surface area contributed by atoms with E-state index in [1.54, 1.807) is 24.3 Å². The second-order valence-corrected chi connectivity index (χ2v) is 10.3. The van der Waals surface area contributed by atoms with Crippen LogP contribution in [0.15, 0.2) is 29.2 Å². The molecule has 0 unspecified atom stereocenters. The van der Waals surface area contributed by atoms with Crippen molar-refractivity contribution in [3.05, 3.63) is 29.3 Å². The molecule has 1 saturated heterocycles. The monoisotopic (exact) mass is 413 g/mol. The van der Waals surface area contributed by atoms with Crippen LogP contribution in [0.1, 0.15) is 25.7 Å². The van der Waals surface area contributed by atoms with Crippen molar-refractivity contribution in [1.29, 1.82) is 0 Å². The summed E-state index contributed by atoms with van der Waals surface area (Å²) >= 11 is 11.5. The lowest BCUT2D eigenvalue weighted by molar-refractivity contribution is 0.258. The molecule has 26 heavy (non-hydrogen) atoms. The molecule has 1 heterocycles. The predicted molar refractivity (Wildman–Crippen MR) is 107 cm³/mol. The van der Waals surface area contributed by atoms with Gasteiger partial charge in [-0.2, -0.15) is 4.31 Å². The van der Waals surface area contributed by atoms with Crippen molar-refractivity contribution in [3.8, 4) is 0 Å². The van der Waals surface area contributed by atoms with Crippen molar-refractivity contribution in [3.63, 3.8) is 0 Å². The number of piperazine rings is 1. The summed E-state index contributed by atoms with van der Waals surface area (Å²) in [6.45, 7) is 2.14. The Kier molecular flexibility index (Phi) is 5.16. The number of nitrogens with one attached hydrogen (secondary N) is 1. The predicted octanol–water partition coefficient (Wildman–Crippen LogP) is 2.71. The minimum Gasteiger partial charge on any atom is -0.360 e. The van der Waals surface area contributed by atoms with Crippen LogP contribution in [-0.2, 0) is 10.0 Å². The molecule has 142 valence electrons. The van der Waals surface area contributed by atoms with Gasteiger partial charge in [0.1, 0.15) is 0 Å². The molecule has 0 spiro atoms. The second kappa shape index (κ2) is 7.26. The van der Waals surface area contributed by atoms with Gasteiger partial charge in [0.05, 0.1) is 4.90 Å². The highest BCUT2D eigenvalue weighted by atomic mass is 35.5. The number of hydrogen-bond donors (Lipinski definition) is 1. The van der Waals surface area contributed by atoms with E-state index in [9.17, 15) is 8.42 Å². The lowest BCUT2D eigenvalue weighted by atomic mass is 9.95. The van der Waals surface area contributed by atoms with E-state index in [0.717, 1.165) is 16.9 Å². The fourth-order valence-corrected chi connectivity index (χ4v) is 6.44. The van der Waals surface area contributed by atoms with Crippen LogP contribution in [0.4, 0.5) is 0 Å². The van der Waals surface area contributed by atoms with Gasteiger partial charge < -0.3 is 10.2 Å². The molecule has 3 atom stereocenters. The average Bonchev–Trinajstić information content (AvgIpc) is 3.25. The van der Waals surface area contributed by atoms with Crippen LogP contribution in [0.5, 0.6) is 0 Å². The van der Waals surface area contributed by atoms with Gasteiger partial charge in [0, 0.05) is 37.2 Å². The normalized spacial score (nSPS) is 29.1. The standard InChI is InChI=1S/C18H24ClN3O2S2/c19-15-3-5-16(6-4-15)26(23,24)22-9-7-21(8-10-22)18(25)20-17-12-13-1-2-14(17)11-13/h3-6,13-14,17H,1-2,7-12H2,(H,20,25)/t13-,14-,17+/m0/s1. The van der Waals surface area contributed by atoms with Crippen molar-refractivity contribution in [1.82, 2.24) is 14.5 Å². The van der Waals surface area contributed by atoms with E-state index in [1.807, 2.05) is 0 Å². The molecule has 3 fully saturated rings.